The highest BCUT2D eigenvalue weighted by Gasteiger charge is 2.29. The molecule has 1 N–H and O–H groups in total. The van der Waals surface area contributed by atoms with E-state index in [9.17, 15) is 14.7 Å². The van der Waals surface area contributed by atoms with Crippen molar-refractivity contribution >= 4 is 22.9 Å². The summed E-state index contributed by atoms with van der Waals surface area (Å²) in [6.07, 6.45) is 0.735. The van der Waals surface area contributed by atoms with Crippen molar-refractivity contribution in [3.63, 3.8) is 0 Å². The Morgan fingerprint density at radius 3 is 2.58 bits per heavy atom. The number of nitrogens with zero attached hydrogens (tertiary/aromatic N) is 4. The fourth-order valence-corrected chi connectivity index (χ4v) is 5.37. The molecule has 1 amide bonds. The van der Waals surface area contributed by atoms with Crippen molar-refractivity contribution in [1.29, 1.82) is 0 Å². The zero-order valence-corrected chi connectivity index (χ0v) is 20.8. The number of rotatable bonds is 6. The molecule has 0 bridgehead atoms. The Bertz CT molecular complexity index is 1440. The van der Waals surface area contributed by atoms with E-state index >= 15 is 0 Å². The number of carboxylic acid groups (broad SMARTS) is 1. The Morgan fingerprint density at radius 2 is 1.86 bits per heavy atom. The van der Waals surface area contributed by atoms with Crippen molar-refractivity contribution in [1.82, 2.24) is 19.9 Å². The van der Waals surface area contributed by atoms with E-state index < -0.39 is 5.97 Å². The highest BCUT2D eigenvalue weighted by Crippen LogP contribution is 2.36. The second-order valence-corrected chi connectivity index (χ2v) is 9.58. The first-order valence-corrected chi connectivity index (χ1v) is 12.4. The summed E-state index contributed by atoms with van der Waals surface area (Å²) in [6.45, 7) is 7.30. The van der Waals surface area contributed by atoms with E-state index in [-0.39, 0.29) is 24.3 Å². The zero-order chi connectivity index (χ0) is 25.4. The Labute approximate surface area is 210 Å². The molecule has 7 heteroatoms. The lowest BCUT2D eigenvalue weighted by Gasteiger charge is -2.35. The number of aryl methyl sites for hydroxylation is 2. The Hall–Kier alpha value is -4.00. The number of hydrogen-bond acceptors (Lipinski definition) is 4. The minimum Gasteiger partial charge on any atom is -0.481 e. The van der Waals surface area contributed by atoms with Gasteiger partial charge in [-0.3, -0.25) is 9.59 Å². The number of fused-ring (bicyclic) bond motifs is 2. The maximum Gasteiger partial charge on any atom is 0.304 e. The van der Waals surface area contributed by atoms with Gasteiger partial charge >= 0.3 is 5.97 Å². The van der Waals surface area contributed by atoms with Crippen LogP contribution in [-0.4, -0.2) is 42.9 Å². The van der Waals surface area contributed by atoms with Crippen LogP contribution in [0.15, 0.2) is 60.7 Å². The molecule has 0 saturated heterocycles. The second kappa shape index (κ2) is 9.57. The predicted octanol–water partition coefficient (Wildman–Crippen LogP) is 4.95. The van der Waals surface area contributed by atoms with Gasteiger partial charge in [-0.2, -0.15) is 0 Å². The third-order valence-electron chi connectivity index (χ3n) is 7.34. The number of carboxylic acids is 1. The van der Waals surface area contributed by atoms with Crippen molar-refractivity contribution in [3.05, 3.63) is 94.0 Å². The summed E-state index contributed by atoms with van der Waals surface area (Å²) in [4.78, 5) is 27.1. The molecule has 0 saturated carbocycles. The quantitative estimate of drug-likeness (QED) is 0.420. The number of aliphatic carboxylic acids is 1. The van der Waals surface area contributed by atoms with Gasteiger partial charge < -0.3 is 10.0 Å². The lowest BCUT2D eigenvalue weighted by molar-refractivity contribution is -0.137. The summed E-state index contributed by atoms with van der Waals surface area (Å²) in [5.74, 6) is -1.17. The molecule has 4 aromatic rings. The van der Waals surface area contributed by atoms with Crippen molar-refractivity contribution < 1.29 is 14.7 Å². The van der Waals surface area contributed by atoms with Crippen molar-refractivity contribution in [2.24, 2.45) is 0 Å². The second-order valence-electron chi connectivity index (χ2n) is 9.58. The molecule has 1 aromatic heterocycles. The van der Waals surface area contributed by atoms with E-state index in [0.717, 1.165) is 46.3 Å². The topological polar surface area (TPSA) is 88.3 Å². The molecule has 0 aliphatic carbocycles. The van der Waals surface area contributed by atoms with Gasteiger partial charge in [0, 0.05) is 30.6 Å². The molecule has 0 spiro atoms. The van der Waals surface area contributed by atoms with Crippen LogP contribution in [0.5, 0.6) is 0 Å². The average molecular weight is 483 g/mol. The molecule has 1 aliphatic heterocycles. The van der Waals surface area contributed by atoms with Crippen LogP contribution in [0.1, 0.15) is 64.4 Å². The summed E-state index contributed by atoms with van der Waals surface area (Å²) in [5, 5.41) is 18.4. The van der Waals surface area contributed by atoms with Crippen molar-refractivity contribution in [2.75, 3.05) is 0 Å². The molecular weight excluding hydrogens is 452 g/mol. The minimum absolute atomic E-state index is 0.0153. The molecular formula is C29H30N4O3. The molecule has 2 heterocycles. The van der Waals surface area contributed by atoms with E-state index in [0.29, 0.717) is 12.1 Å². The summed E-state index contributed by atoms with van der Waals surface area (Å²) in [7, 11) is 0. The van der Waals surface area contributed by atoms with Crippen molar-refractivity contribution in [2.45, 2.75) is 58.7 Å². The first-order valence-electron chi connectivity index (χ1n) is 12.4. The van der Waals surface area contributed by atoms with Gasteiger partial charge in [-0.25, -0.2) is 4.68 Å². The largest absolute Gasteiger partial charge is 0.481 e. The first-order chi connectivity index (χ1) is 17.4. The summed E-state index contributed by atoms with van der Waals surface area (Å²) in [6, 6.07) is 19.7. The fraction of sp³-hybridized carbons (Fsp3) is 0.310. The Balaban J connectivity index is 1.52. The normalized spacial score (nSPS) is 16.1. The number of carbonyl (C=O) groups is 2. The summed E-state index contributed by atoms with van der Waals surface area (Å²) in [5.41, 5.74) is 7.52. The maximum atomic E-state index is 13.2. The van der Waals surface area contributed by atoms with Crippen LogP contribution in [0.4, 0.5) is 0 Å². The predicted molar refractivity (Wildman–Crippen MR) is 138 cm³/mol. The zero-order valence-electron chi connectivity index (χ0n) is 20.8. The number of carbonyl (C=O) groups excluding carboxylic acids is 1. The van der Waals surface area contributed by atoms with Crippen LogP contribution < -0.4 is 0 Å². The lowest BCUT2D eigenvalue weighted by Crippen LogP contribution is -2.42. The van der Waals surface area contributed by atoms with Crippen LogP contribution >= 0.6 is 0 Å². The maximum absolute atomic E-state index is 13.2. The third kappa shape index (κ3) is 4.26. The van der Waals surface area contributed by atoms with Gasteiger partial charge in [0.05, 0.1) is 11.9 Å². The molecule has 1 aliphatic rings. The van der Waals surface area contributed by atoms with Gasteiger partial charge in [-0.1, -0.05) is 47.7 Å². The van der Waals surface area contributed by atoms with Gasteiger partial charge in [0.25, 0.3) is 5.91 Å². The smallest absolute Gasteiger partial charge is 0.304 e. The number of hydrogen-bond donors (Lipinski definition) is 1. The van der Waals surface area contributed by atoms with Crippen LogP contribution in [0, 0.1) is 6.92 Å². The third-order valence-corrected chi connectivity index (χ3v) is 7.34. The van der Waals surface area contributed by atoms with E-state index in [1.165, 1.54) is 5.56 Å². The SMILES string of the molecule is CCn1nnc2c(C)c(C(CC(=O)O)c3ccc4c(c3)CN(C(=O)c3ccccc3)C(C)C4)ccc21. The Morgan fingerprint density at radius 1 is 1.08 bits per heavy atom. The monoisotopic (exact) mass is 482 g/mol. The van der Waals surface area contributed by atoms with Crippen LogP contribution in [0.3, 0.4) is 0 Å². The van der Waals surface area contributed by atoms with Crippen LogP contribution in [-0.2, 0) is 24.3 Å². The average Bonchev–Trinajstić information content (AvgIpc) is 3.31. The first kappa shape index (κ1) is 23.7. The standard InChI is InChI=1S/C29H30N4O3/c1-4-33-26-13-12-24(19(3)28(26)30-31-33)25(16-27(34)35)22-11-10-21-14-18(2)32(17-23(21)15-22)29(36)20-8-6-5-7-9-20/h5-13,15,18,25H,4,14,16-17H2,1-3H3,(H,34,35). The molecule has 3 aromatic carbocycles. The van der Waals surface area contributed by atoms with Crippen LogP contribution in [0.25, 0.3) is 11.0 Å². The molecule has 2 unspecified atom stereocenters. The summed E-state index contributed by atoms with van der Waals surface area (Å²) >= 11 is 0. The van der Waals surface area contributed by atoms with Gasteiger partial charge in [0.15, 0.2) is 0 Å². The lowest BCUT2D eigenvalue weighted by atomic mass is 9.83. The summed E-state index contributed by atoms with van der Waals surface area (Å²) < 4.78 is 1.84. The molecule has 5 rings (SSSR count). The minimum atomic E-state index is -0.857. The molecule has 0 fully saturated rings. The van der Waals surface area contributed by atoms with Crippen molar-refractivity contribution in [3.8, 4) is 0 Å². The Kier molecular flexibility index (Phi) is 6.31. The number of benzene rings is 3. The molecule has 0 radical (unpaired) electrons. The molecule has 36 heavy (non-hydrogen) atoms. The molecule has 184 valence electrons. The van der Waals surface area contributed by atoms with E-state index in [2.05, 4.69) is 29.4 Å². The fourth-order valence-electron chi connectivity index (χ4n) is 5.37. The molecule has 7 nitrogen and oxygen atoms in total. The van der Waals surface area contributed by atoms with Gasteiger partial charge in [0.2, 0.25) is 0 Å². The van der Waals surface area contributed by atoms with E-state index in [1.54, 1.807) is 0 Å². The number of aromatic nitrogens is 3. The van der Waals surface area contributed by atoms with Gasteiger partial charge in [-0.05, 0) is 73.2 Å². The van der Waals surface area contributed by atoms with Gasteiger partial charge in [-0.15, -0.1) is 5.10 Å². The number of amides is 1. The highest BCUT2D eigenvalue weighted by molar-refractivity contribution is 5.94. The molecule has 2 atom stereocenters. The van der Waals surface area contributed by atoms with Crippen LogP contribution in [0.2, 0.25) is 0 Å². The van der Waals surface area contributed by atoms with E-state index in [4.69, 9.17) is 0 Å². The van der Waals surface area contributed by atoms with E-state index in [1.807, 2.05) is 72.0 Å². The van der Waals surface area contributed by atoms with Gasteiger partial charge in [0.1, 0.15) is 5.52 Å². The highest BCUT2D eigenvalue weighted by atomic mass is 16.4.